The highest BCUT2D eigenvalue weighted by Crippen LogP contribution is 2.41. The van der Waals surface area contributed by atoms with Crippen LogP contribution in [0.15, 0.2) is 199 Å². The SMILES string of the molecule is c1ccc(-c2cccc(-c3nc(-c4ccccc4)nc(-c4ccc(-c5cccc6c5oc5cc7c(cc56)c5ccccc5n7-c5ccccc5)cc4)n3)c2)cc1. The molecule has 0 atom stereocenters. The molecule has 262 valence electrons. The number of furan rings is 1. The van der Waals surface area contributed by atoms with E-state index in [-0.39, 0.29) is 0 Å². The van der Waals surface area contributed by atoms with Crippen molar-refractivity contribution in [3.8, 4) is 62.1 Å². The molecular weight excluding hydrogens is 685 g/mol. The maximum absolute atomic E-state index is 6.77. The summed E-state index contributed by atoms with van der Waals surface area (Å²) in [6, 6.07) is 67.3. The molecule has 5 nitrogen and oxygen atoms in total. The van der Waals surface area contributed by atoms with Gasteiger partial charge in [-0.05, 0) is 47.0 Å². The molecule has 56 heavy (non-hydrogen) atoms. The standard InChI is InChI=1S/C51H32N4O/c1-4-14-33(15-5-1)37-18-12-19-38(30-37)51-53-49(35-16-6-2-7-17-35)52-50(54-51)36-28-26-34(27-29-36)40-23-13-24-42-44-31-43-41-22-10-11-25-45(41)55(39-20-8-3-9-21-39)46(43)32-47(44)56-48(40)42/h1-32H. The first kappa shape index (κ1) is 31.9. The third-order valence-electron chi connectivity index (χ3n) is 10.7. The van der Waals surface area contributed by atoms with Gasteiger partial charge in [0.05, 0.1) is 11.0 Å². The van der Waals surface area contributed by atoms with Gasteiger partial charge in [0, 0.05) is 55.6 Å². The largest absolute Gasteiger partial charge is 0.455 e. The maximum atomic E-state index is 6.77. The van der Waals surface area contributed by atoms with E-state index in [1.807, 2.05) is 36.4 Å². The van der Waals surface area contributed by atoms with Gasteiger partial charge in [0.2, 0.25) is 0 Å². The fraction of sp³-hybridized carbons (Fsp3) is 0. The van der Waals surface area contributed by atoms with E-state index in [0.717, 1.165) is 72.1 Å². The lowest BCUT2D eigenvalue weighted by atomic mass is 10.0. The van der Waals surface area contributed by atoms with E-state index in [1.54, 1.807) is 0 Å². The van der Waals surface area contributed by atoms with Crippen molar-refractivity contribution >= 4 is 43.7 Å². The molecule has 11 aromatic rings. The van der Waals surface area contributed by atoms with Crippen LogP contribution >= 0.6 is 0 Å². The lowest BCUT2D eigenvalue weighted by Gasteiger charge is -2.10. The summed E-state index contributed by atoms with van der Waals surface area (Å²) in [6.07, 6.45) is 0. The lowest BCUT2D eigenvalue weighted by molar-refractivity contribution is 0.670. The summed E-state index contributed by atoms with van der Waals surface area (Å²) in [6.45, 7) is 0. The van der Waals surface area contributed by atoms with Gasteiger partial charge in [0.15, 0.2) is 17.5 Å². The zero-order valence-electron chi connectivity index (χ0n) is 30.2. The van der Waals surface area contributed by atoms with E-state index in [4.69, 9.17) is 19.4 Å². The number of nitrogens with zero attached hydrogens (tertiary/aromatic N) is 4. The first-order chi connectivity index (χ1) is 27.7. The van der Waals surface area contributed by atoms with Crippen LogP contribution in [0.4, 0.5) is 0 Å². The summed E-state index contributed by atoms with van der Waals surface area (Å²) in [5.41, 5.74) is 12.3. The first-order valence-corrected chi connectivity index (χ1v) is 18.8. The van der Waals surface area contributed by atoms with Crippen molar-refractivity contribution in [2.75, 3.05) is 0 Å². The third-order valence-corrected chi connectivity index (χ3v) is 10.7. The summed E-state index contributed by atoms with van der Waals surface area (Å²) in [4.78, 5) is 15.0. The fourth-order valence-electron chi connectivity index (χ4n) is 7.96. The van der Waals surface area contributed by atoms with Gasteiger partial charge in [-0.25, -0.2) is 15.0 Å². The van der Waals surface area contributed by atoms with Crippen molar-refractivity contribution in [1.29, 1.82) is 0 Å². The number of hydrogen-bond donors (Lipinski definition) is 0. The van der Waals surface area contributed by atoms with Gasteiger partial charge in [0.1, 0.15) is 11.2 Å². The minimum absolute atomic E-state index is 0.616. The van der Waals surface area contributed by atoms with Crippen molar-refractivity contribution < 1.29 is 4.42 Å². The van der Waals surface area contributed by atoms with Gasteiger partial charge >= 0.3 is 0 Å². The molecule has 0 amide bonds. The molecule has 0 bridgehead atoms. The summed E-state index contributed by atoms with van der Waals surface area (Å²) in [5.74, 6) is 1.88. The number of aromatic nitrogens is 4. The molecule has 0 unspecified atom stereocenters. The molecule has 0 fully saturated rings. The summed E-state index contributed by atoms with van der Waals surface area (Å²) >= 11 is 0. The van der Waals surface area contributed by atoms with E-state index < -0.39 is 0 Å². The molecule has 0 N–H and O–H groups in total. The summed E-state index contributed by atoms with van der Waals surface area (Å²) in [5, 5.41) is 4.61. The summed E-state index contributed by atoms with van der Waals surface area (Å²) < 4.78 is 9.10. The molecule has 0 saturated heterocycles. The second-order valence-electron chi connectivity index (χ2n) is 14.0. The highest BCUT2D eigenvalue weighted by atomic mass is 16.3. The van der Waals surface area contributed by atoms with Gasteiger partial charge in [-0.1, -0.05) is 158 Å². The Balaban J connectivity index is 1.01. The van der Waals surface area contributed by atoms with Crippen LogP contribution in [0.5, 0.6) is 0 Å². The Morgan fingerprint density at radius 1 is 0.339 bits per heavy atom. The predicted octanol–water partition coefficient (Wildman–Crippen LogP) is 13.2. The molecular formula is C51H32N4O. The third kappa shape index (κ3) is 5.37. The summed E-state index contributed by atoms with van der Waals surface area (Å²) in [7, 11) is 0. The van der Waals surface area contributed by atoms with Crippen molar-refractivity contribution in [2.24, 2.45) is 0 Å². The van der Waals surface area contributed by atoms with Crippen LogP contribution in [0.25, 0.3) is 106 Å². The van der Waals surface area contributed by atoms with Gasteiger partial charge in [0.25, 0.3) is 0 Å². The number of benzene rings is 8. The normalized spacial score (nSPS) is 11.6. The van der Waals surface area contributed by atoms with Crippen LogP contribution in [0.3, 0.4) is 0 Å². The molecule has 3 aromatic heterocycles. The fourth-order valence-corrected chi connectivity index (χ4v) is 7.96. The number of hydrogen-bond acceptors (Lipinski definition) is 4. The average molecular weight is 717 g/mol. The van der Waals surface area contributed by atoms with Gasteiger partial charge < -0.3 is 8.98 Å². The lowest BCUT2D eigenvalue weighted by Crippen LogP contribution is -2.00. The second-order valence-corrected chi connectivity index (χ2v) is 14.0. The zero-order valence-corrected chi connectivity index (χ0v) is 30.2. The topological polar surface area (TPSA) is 56.7 Å². The smallest absolute Gasteiger partial charge is 0.164 e. The highest BCUT2D eigenvalue weighted by molar-refractivity contribution is 6.18. The van der Waals surface area contributed by atoms with Gasteiger partial charge in [-0.3, -0.25) is 0 Å². The molecule has 5 heteroatoms. The Kier molecular flexibility index (Phi) is 7.42. The molecule has 0 saturated carbocycles. The molecule has 3 heterocycles. The Hall–Kier alpha value is -7.63. The number of fused-ring (bicyclic) bond motifs is 6. The molecule has 0 radical (unpaired) electrons. The Labute approximate surface area is 322 Å². The molecule has 0 aliphatic carbocycles. The highest BCUT2D eigenvalue weighted by Gasteiger charge is 2.19. The van der Waals surface area contributed by atoms with E-state index >= 15 is 0 Å². The number of para-hydroxylation sites is 3. The van der Waals surface area contributed by atoms with E-state index in [9.17, 15) is 0 Å². The average Bonchev–Trinajstić information content (AvgIpc) is 3.81. The van der Waals surface area contributed by atoms with Crippen molar-refractivity contribution in [1.82, 2.24) is 19.5 Å². The minimum Gasteiger partial charge on any atom is -0.455 e. The molecule has 0 aliphatic heterocycles. The maximum Gasteiger partial charge on any atom is 0.164 e. The van der Waals surface area contributed by atoms with Crippen LogP contribution in [0, 0.1) is 0 Å². The Morgan fingerprint density at radius 3 is 1.64 bits per heavy atom. The van der Waals surface area contributed by atoms with Crippen molar-refractivity contribution in [3.63, 3.8) is 0 Å². The van der Waals surface area contributed by atoms with Crippen LogP contribution in [0.2, 0.25) is 0 Å². The van der Waals surface area contributed by atoms with Crippen LogP contribution in [0.1, 0.15) is 0 Å². The van der Waals surface area contributed by atoms with Crippen LogP contribution in [-0.4, -0.2) is 19.5 Å². The Bertz CT molecular complexity index is 3220. The van der Waals surface area contributed by atoms with E-state index in [0.29, 0.717) is 17.5 Å². The van der Waals surface area contributed by atoms with Gasteiger partial charge in [-0.15, -0.1) is 0 Å². The number of rotatable bonds is 6. The molecule has 0 aliphatic rings. The predicted molar refractivity (Wildman–Crippen MR) is 229 cm³/mol. The Morgan fingerprint density at radius 2 is 0.893 bits per heavy atom. The molecule has 8 aromatic carbocycles. The molecule has 11 rings (SSSR count). The van der Waals surface area contributed by atoms with E-state index in [2.05, 4.69) is 162 Å². The first-order valence-electron chi connectivity index (χ1n) is 18.8. The minimum atomic E-state index is 0.616. The van der Waals surface area contributed by atoms with Crippen molar-refractivity contribution in [3.05, 3.63) is 194 Å². The van der Waals surface area contributed by atoms with Crippen molar-refractivity contribution in [2.45, 2.75) is 0 Å². The van der Waals surface area contributed by atoms with Crippen LogP contribution < -0.4 is 0 Å². The van der Waals surface area contributed by atoms with E-state index in [1.165, 1.54) is 16.3 Å². The second kappa shape index (κ2) is 13.0. The molecule has 0 spiro atoms. The van der Waals surface area contributed by atoms with Crippen LogP contribution in [-0.2, 0) is 0 Å². The monoisotopic (exact) mass is 716 g/mol. The van der Waals surface area contributed by atoms with Gasteiger partial charge in [-0.2, -0.15) is 0 Å². The quantitative estimate of drug-likeness (QED) is 0.172. The zero-order chi connectivity index (χ0) is 37.0.